The molecule has 1 unspecified atom stereocenters. The van der Waals surface area contributed by atoms with Gasteiger partial charge in [-0.3, -0.25) is 15.0 Å². The van der Waals surface area contributed by atoms with Crippen LogP contribution in [0.1, 0.15) is 18.6 Å². The molecule has 1 saturated heterocycles. The lowest BCUT2D eigenvalue weighted by atomic mass is 10.1. The second kappa shape index (κ2) is 4.55. The summed E-state index contributed by atoms with van der Waals surface area (Å²) < 4.78 is 5.59. The molecule has 0 aliphatic carbocycles. The lowest BCUT2D eigenvalue weighted by molar-refractivity contribution is -0.140. The van der Waals surface area contributed by atoms with Crippen LogP contribution in [0, 0.1) is 0 Å². The highest BCUT2D eigenvalue weighted by atomic mass is 16.5. The first kappa shape index (κ1) is 11.6. The van der Waals surface area contributed by atoms with Gasteiger partial charge >= 0.3 is 6.03 Å². The molecule has 5 nitrogen and oxygen atoms in total. The number of hydrogen-bond acceptors (Lipinski definition) is 3. The van der Waals surface area contributed by atoms with Crippen LogP contribution in [0.15, 0.2) is 30.3 Å². The number of ether oxygens (including phenoxy) is 1. The minimum absolute atomic E-state index is 0.250. The third-order valence-electron chi connectivity index (χ3n) is 2.73. The molecule has 1 aromatic rings. The van der Waals surface area contributed by atoms with Crippen LogP contribution < -0.4 is 5.32 Å². The predicted octanol–water partition coefficient (Wildman–Crippen LogP) is 1.27. The summed E-state index contributed by atoms with van der Waals surface area (Å²) >= 11 is 0. The van der Waals surface area contributed by atoms with E-state index in [4.69, 9.17) is 4.74 Å². The molecule has 90 valence electrons. The van der Waals surface area contributed by atoms with Crippen LogP contribution in [0.25, 0.3) is 0 Å². The smallest absolute Gasteiger partial charge is 0.326 e. The number of hydrogen-bond donors (Lipinski definition) is 1. The molecule has 1 aliphatic rings. The van der Waals surface area contributed by atoms with E-state index < -0.39 is 18.2 Å². The van der Waals surface area contributed by atoms with E-state index in [0.717, 1.165) is 5.56 Å². The minimum Gasteiger partial charge on any atom is -0.341 e. The first-order valence-corrected chi connectivity index (χ1v) is 5.37. The van der Waals surface area contributed by atoms with E-state index in [-0.39, 0.29) is 6.10 Å². The van der Waals surface area contributed by atoms with Gasteiger partial charge in [0.25, 0.3) is 5.91 Å². The lowest BCUT2D eigenvalue weighted by Gasteiger charge is -2.21. The monoisotopic (exact) mass is 234 g/mol. The summed E-state index contributed by atoms with van der Waals surface area (Å²) in [4.78, 5) is 23.9. The summed E-state index contributed by atoms with van der Waals surface area (Å²) in [6.07, 6.45) is -1.10. The molecule has 1 heterocycles. The fourth-order valence-corrected chi connectivity index (χ4v) is 1.69. The number of nitrogens with zero attached hydrogens (tertiary/aromatic N) is 1. The van der Waals surface area contributed by atoms with Gasteiger partial charge in [-0.1, -0.05) is 30.3 Å². The number of amides is 3. The Labute approximate surface area is 99.4 Å². The second-order valence-corrected chi connectivity index (χ2v) is 3.95. The maximum absolute atomic E-state index is 11.5. The zero-order chi connectivity index (χ0) is 12.4. The van der Waals surface area contributed by atoms with Gasteiger partial charge in [-0.05, 0) is 12.5 Å². The summed E-state index contributed by atoms with van der Waals surface area (Å²) in [5, 5.41) is 2.20. The van der Waals surface area contributed by atoms with Gasteiger partial charge < -0.3 is 4.74 Å². The quantitative estimate of drug-likeness (QED) is 0.801. The number of rotatable bonds is 3. The molecule has 3 amide bonds. The van der Waals surface area contributed by atoms with Crippen molar-refractivity contribution in [3.63, 3.8) is 0 Å². The first-order valence-electron chi connectivity index (χ1n) is 5.37. The van der Waals surface area contributed by atoms with Crippen molar-refractivity contribution in [2.24, 2.45) is 0 Å². The van der Waals surface area contributed by atoms with Gasteiger partial charge in [0.15, 0.2) is 0 Å². The number of carbonyl (C=O) groups excluding carboxylic acids is 2. The van der Waals surface area contributed by atoms with Crippen LogP contribution in [-0.2, 0) is 9.53 Å². The Bertz CT molecular complexity index is 433. The van der Waals surface area contributed by atoms with Crippen molar-refractivity contribution in [1.82, 2.24) is 10.2 Å². The van der Waals surface area contributed by atoms with Crippen molar-refractivity contribution < 1.29 is 14.3 Å². The van der Waals surface area contributed by atoms with Crippen LogP contribution in [0.3, 0.4) is 0 Å². The van der Waals surface area contributed by atoms with Crippen molar-refractivity contribution in [1.29, 1.82) is 0 Å². The summed E-state index contributed by atoms with van der Waals surface area (Å²) in [7, 11) is 1.53. The maximum Gasteiger partial charge on any atom is 0.326 e. The summed E-state index contributed by atoms with van der Waals surface area (Å²) in [6.45, 7) is 1.85. The lowest BCUT2D eigenvalue weighted by Crippen LogP contribution is -2.34. The van der Waals surface area contributed by atoms with E-state index in [1.165, 1.54) is 11.9 Å². The number of urea groups is 1. The molecule has 1 aromatic carbocycles. The van der Waals surface area contributed by atoms with Gasteiger partial charge in [-0.25, -0.2) is 4.79 Å². The van der Waals surface area contributed by atoms with Gasteiger partial charge in [0, 0.05) is 7.05 Å². The molecule has 5 heteroatoms. The number of imide groups is 1. The zero-order valence-electron chi connectivity index (χ0n) is 9.71. The summed E-state index contributed by atoms with van der Waals surface area (Å²) in [6, 6.07) is 9.12. The van der Waals surface area contributed by atoms with Gasteiger partial charge in [0.05, 0.1) is 6.10 Å². The van der Waals surface area contributed by atoms with Gasteiger partial charge in [0.2, 0.25) is 6.23 Å². The first-order chi connectivity index (χ1) is 8.09. The SMILES string of the molecule is CC(O[C@@H]1C(=O)NC(=O)N1C)c1ccccc1. The molecular weight excluding hydrogens is 220 g/mol. The Kier molecular flexibility index (Phi) is 3.10. The van der Waals surface area contributed by atoms with Crippen LogP contribution in [0.4, 0.5) is 4.79 Å². The van der Waals surface area contributed by atoms with E-state index >= 15 is 0 Å². The molecule has 0 spiro atoms. The standard InChI is InChI=1S/C12H14N2O3/c1-8(9-6-4-3-5-7-9)17-11-10(15)13-12(16)14(11)2/h3-8,11H,1-2H3,(H,13,15,16)/t8?,11-/m1/s1. The van der Waals surface area contributed by atoms with Gasteiger partial charge in [-0.2, -0.15) is 0 Å². The molecule has 1 fully saturated rings. The molecule has 17 heavy (non-hydrogen) atoms. The average molecular weight is 234 g/mol. The molecule has 0 radical (unpaired) electrons. The predicted molar refractivity (Wildman–Crippen MR) is 61.0 cm³/mol. The fourth-order valence-electron chi connectivity index (χ4n) is 1.69. The Morgan fingerprint density at radius 1 is 1.29 bits per heavy atom. The largest absolute Gasteiger partial charge is 0.341 e. The van der Waals surface area contributed by atoms with Crippen LogP contribution in [-0.4, -0.2) is 30.1 Å². The van der Waals surface area contributed by atoms with Crippen LogP contribution >= 0.6 is 0 Å². The fraction of sp³-hybridized carbons (Fsp3) is 0.333. The minimum atomic E-state index is -0.849. The van der Waals surface area contributed by atoms with E-state index in [1.54, 1.807) is 0 Å². The molecule has 1 N–H and O–H groups in total. The van der Waals surface area contributed by atoms with E-state index in [9.17, 15) is 9.59 Å². The highest BCUT2D eigenvalue weighted by Gasteiger charge is 2.37. The molecule has 2 rings (SSSR count). The Hall–Kier alpha value is -1.88. The summed E-state index contributed by atoms with van der Waals surface area (Å²) in [5.41, 5.74) is 0.966. The van der Waals surface area contributed by atoms with Gasteiger partial charge in [0.1, 0.15) is 0 Å². The van der Waals surface area contributed by atoms with Crippen molar-refractivity contribution in [2.75, 3.05) is 7.05 Å². The number of benzene rings is 1. The number of nitrogens with one attached hydrogen (secondary N) is 1. The molecule has 2 atom stereocenters. The van der Waals surface area contributed by atoms with Crippen molar-refractivity contribution in [3.8, 4) is 0 Å². The van der Waals surface area contributed by atoms with E-state index in [1.807, 2.05) is 37.3 Å². The number of likely N-dealkylation sites (N-methyl/N-ethyl adjacent to an activating group) is 1. The summed E-state index contributed by atoms with van der Waals surface area (Å²) in [5.74, 6) is -0.416. The topological polar surface area (TPSA) is 58.6 Å². The third kappa shape index (κ3) is 2.29. The maximum atomic E-state index is 11.5. The molecular formula is C12H14N2O3. The number of carbonyl (C=O) groups is 2. The normalized spacial score (nSPS) is 21.5. The molecule has 0 saturated carbocycles. The Balaban J connectivity index is 2.07. The zero-order valence-corrected chi connectivity index (χ0v) is 9.71. The Morgan fingerprint density at radius 2 is 1.94 bits per heavy atom. The third-order valence-corrected chi connectivity index (χ3v) is 2.73. The second-order valence-electron chi connectivity index (χ2n) is 3.95. The van der Waals surface area contributed by atoms with Crippen molar-refractivity contribution >= 4 is 11.9 Å². The molecule has 0 aromatic heterocycles. The van der Waals surface area contributed by atoms with Crippen LogP contribution in [0.2, 0.25) is 0 Å². The highest BCUT2D eigenvalue weighted by Crippen LogP contribution is 2.20. The van der Waals surface area contributed by atoms with Crippen LogP contribution in [0.5, 0.6) is 0 Å². The highest BCUT2D eigenvalue weighted by molar-refractivity contribution is 6.03. The molecule has 0 bridgehead atoms. The average Bonchev–Trinajstić information content (AvgIpc) is 2.57. The molecule has 1 aliphatic heterocycles. The van der Waals surface area contributed by atoms with Crippen molar-refractivity contribution in [3.05, 3.63) is 35.9 Å². The van der Waals surface area contributed by atoms with Gasteiger partial charge in [-0.15, -0.1) is 0 Å². The van der Waals surface area contributed by atoms with Crippen molar-refractivity contribution in [2.45, 2.75) is 19.3 Å². The van der Waals surface area contributed by atoms with E-state index in [2.05, 4.69) is 5.32 Å². The van der Waals surface area contributed by atoms with E-state index in [0.29, 0.717) is 0 Å². The Morgan fingerprint density at radius 3 is 2.47 bits per heavy atom.